The lowest BCUT2D eigenvalue weighted by Crippen LogP contribution is -2.45. The van der Waals surface area contributed by atoms with E-state index in [1.807, 2.05) is 6.08 Å². The summed E-state index contributed by atoms with van der Waals surface area (Å²) in [5.74, 6) is 0.911. The van der Waals surface area contributed by atoms with E-state index in [9.17, 15) is 4.79 Å². The van der Waals surface area contributed by atoms with Crippen LogP contribution in [0, 0.1) is 5.92 Å². The van der Waals surface area contributed by atoms with Crippen LogP contribution in [0.2, 0.25) is 0 Å². The number of carbonyl (C=O) groups excluding carboxylic acids is 1. The van der Waals surface area contributed by atoms with Crippen LogP contribution in [0.3, 0.4) is 0 Å². The molecule has 1 aliphatic heterocycles. The first-order chi connectivity index (χ1) is 10.3. The van der Waals surface area contributed by atoms with Crippen LogP contribution in [0.15, 0.2) is 12.7 Å². The van der Waals surface area contributed by atoms with E-state index >= 15 is 0 Å². The zero-order valence-corrected chi connectivity index (χ0v) is 13.2. The second-order valence-corrected chi connectivity index (χ2v) is 6.44. The summed E-state index contributed by atoms with van der Waals surface area (Å²) in [6.07, 6.45) is 10.5. The van der Waals surface area contributed by atoms with Crippen LogP contribution in [0.25, 0.3) is 0 Å². The number of nitrogens with zero attached hydrogens (tertiary/aromatic N) is 1. The second-order valence-electron chi connectivity index (χ2n) is 6.44. The Bertz CT molecular complexity index is 321. The molecule has 1 saturated carbocycles. The average Bonchev–Trinajstić information content (AvgIpc) is 2.49. The number of amides is 1. The van der Waals surface area contributed by atoms with Gasteiger partial charge in [-0.1, -0.05) is 25.3 Å². The highest BCUT2D eigenvalue weighted by molar-refractivity contribution is 5.78. The van der Waals surface area contributed by atoms with Gasteiger partial charge in [0.1, 0.15) is 0 Å². The average molecular weight is 294 g/mol. The van der Waals surface area contributed by atoms with Crippen molar-refractivity contribution in [2.24, 2.45) is 5.92 Å². The molecule has 0 spiro atoms. The summed E-state index contributed by atoms with van der Waals surface area (Å²) in [6.45, 7) is 7.70. The number of nitrogens with one attached hydrogen (secondary N) is 1. The van der Waals surface area contributed by atoms with Gasteiger partial charge in [-0.15, -0.1) is 6.58 Å². The van der Waals surface area contributed by atoms with Crippen molar-refractivity contribution in [3.8, 4) is 0 Å². The molecule has 0 aromatic rings. The van der Waals surface area contributed by atoms with Gasteiger partial charge in [0.25, 0.3) is 0 Å². The Kier molecular flexibility index (Phi) is 7.24. The summed E-state index contributed by atoms with van der Waals surface area (Å²) in [4.78, 5) is 14.5. The van der Waals surface area contributed by atoms with E-state index in [4.69, 9.17) is 4.74 Å². The van der Waals surface area contributed by atoms with Gasteiger partial charge in [-0.2, -0.15) is 0 Å². The standard InChI is InChI=1S/C17H30N2O2/c1-2-10-19(13-15-6-4-3-5-7-15)14-17(20)18-16-8-11-21-12-9-16/h2,15-16H,1,3-14H2,(H,18,20). The van der Waals surface area contributed by atoms with Crippen molar-refractivity contribution >= 4 is 5.91 Å². The molecule has 4 heteroatoms. The maximum Gasteiger partial charge on any atom is 0.234 e. The molecule has 0 atom stereocenters. The zero-order valence-electron chi connectivity index (χ0n) is 13.2. The quantitative estimate of drug-likeness (QED) is 0.733. The van der Waals surface area contributed by atoms with Crippen LogP contribution in [-0.2, 0) is 9.53 Å². The van der Waals surface area contributed by atoms with E-state index in [-0.39, 0.29) is 5.91 Å². The highest BCUT2D eigenvalue weighted by atomic mass is 16.5. The van der Waals surface area contributed by atoms with E-state index in [2.05, 4.69) is 16.8 Å². The van der Waals surface area contributed by atoms with Crippen molar-refractivity contribution in [1.29, 1.82) is 0 Å². The van der Waals surface area contributed by atoms with Gasteiger partial charge in [-0.3, -0.25) is 9.69 Å². The predicted molar refractivity (Wildman–Crippen MR) is 85.2 cm³/mol. The molecule has 2 rings (SSSR count). The fourth-order valence-corrected chi connectivity index (χ4v) is 3.44. The normalized spacial score (nSPS) is 21.4. The number of carbonyl (C=O) groups is 1. The van der Waals surface area contributed by atoms with E-state index in [1.165, 1.54) is 32.1 Å². The molecule has 21 heavy (non-hydrogen) atoms. The molecule has 2 fully saturated rings. The second kappa shape index (κ2) is 9.21. The molecule has 1 amide bonds. The van der Waals surface area contributed by atoms with Gasteiger partial charge < -0.3 is 10.1 Å². The topological polar surface area (TPSA) is 41.6 Å². The minimum Gasteiger partial charge on any atom is -0.381 e. The molecular weight excluding hydrogens is 264 g/mol. The van der Waals surface area contributed by atoms with E-state index in [0.29, 0.717) is 12.6 Å². The van der Waals surface area contributed by atoms with Crippen LogP contribution >= 0.6 is 0 Å². The third kappa shape index (κ3) is 6.18. The zero-order chi connectivity index (χ0) is 14.9. The van der Waals surface area contributed by atoms with Crippen molar-refractivity contribution in [3.05, 3.63) is 12.7 Å². The fraction of sp³-hybridized carbons (Fsp3) is 0.824. The number of hydrogen-bond donors (Lipinski definition) is 1. The largest absolute Gasteiger partial charge is 0.381 e. The summed E-state index contributed by atoms with van der Waals surface area (Å²) in [5, 5.41) is 3.15. The highest BCUT2D eigenvalue weighted by Crippen LogP contribution is 2.24. The first-order valence-corrected chi connectivity index (χ1v) is 8.48. The summed E-state index contributed by atoms with van der Waals surface area (Å²) in [6, 6.07) is 0.298. The highest BCUT2D eigenvalue weighted by Gasteiger charge is 2.20. The molecule has 0 aromatic heterocycles. The molecule has 1 N–H and O–H groups in total. The molecule has 120 valence electrons. The SMILES string of the molecule is C=CCN(CC(=O)NC1CCOCC1)CC1CCCCC1. The first-order valence-electron chi connectivity index (χ1n) is 8.48. The smallest absolute Gasteiger partial charge is 0.234 e. The van der Waals surface area contributed by atoms with Crippen LogP contribution in [0.1, 0.15) is 44.9 Å². The maximum atomic E-state index is 12.2. The van der Waals surface area contributed by atoms with Gasteiger partial charge in [0.2, 0.25) is 5.91 Å². The van der Waals surface area contributed by atoms with Crippen molar-refractivity contribution in [3.63, 3.8) is 0 Å². The first kappa shape index (κ1) is 16.5. The van der Waals surface area contributed by atoms with Crippen LogP contribution < -0.4 is 5.32 Å². The predicted octanol–water partition coefficient (Wildman–Crippen LogP) is 2.35. The molecular formula is C17H30N2O2. The number of ether oxygens (including phenoxy) is 1. The molecule has 4 nitrogen and oxygen atoms in total. The summed E-state index contributed by atoms with van der Waals surface area (Å²) >= 11 is 0. The van der Waals surface area contributed by atoms with E-state index in [1.54, 1.807) is 0 Å². The van der Waals surface area contributed by atoms with Crippen molar-refractivity contribution in [2.75, 3.05) is 32.8 Å². The molecule has 0 bridgehead atoms. The van der Waals surface area contributed by atoms with Crippen molar-refractivity contribution in [2.45, 2.75) is 51.0 Å². The Hall–Kier alpha value is -0.870. The lowest BCUT2D eigenvalue weighted by molar-refractivity contribution is -0.123. The molecule has 1 saturated heterocycles. The van der Waals surface area contributed by atoms with Crippen LogP contribution in [0.5, 0.6) is 0 Å². The Morgan fingerprint density at radius 1 is 1.19 bits per heavy atom. The van der Waals surface area contributed by atoms with Gasteiger partial charge in [-0.25, -0.2) is 0 Å². The molecule has 0 aromatic carbocycles. The van der Waals surface area contributed by atoms with E-state index in [0.717, 1.165) is 45.1 Å². The Morgan fingerprint density at radius 3 is 2.57 bits per heavy atom. The van der Waals surface area contributed by atoms with Gasteiger partial charge >= 0.3 is 0 Å². The van der Waals surface area contributed by atoms with Gasteiger partial charge in [0.05, 0.1) is 6.54 Å². The van der Waals surface area contributed by atoms with Gasteiger partial charge in [-0.05, 0) is 31.6 Å². The summed E-state index contributed by atoms with van der Waals surface area (Å²) in [7, 11) is 0. The lowest BCUT2D eigenvalue weighted by Gasteiger charge is -2.29. The number of hydrogen-bond acceptors (Lipinski definition) is 3. The van der Waals surface area contributed by atoms with Crippen LogP contribution in [0.4, 0.5) is 0 Å². The molecule has 0 radical (unpaired) electrons. The van der Waals surface area contributed by atoms with Crippen molar-refractivity contribution < 1.29 is 9.53 Å². The number of rotatable bonds is 7. The molecule has 1 aliphatic carbocycles. The van der Waals surface area contributed by atoms with Crippen LogP contribution in [-0.4, -0.2) is 49.7 Å². The monoisotopic (exact) mass is 294 g/mol. The molecule has 0 unspecified atom stereocenters. The summed E-state index contributed by atoms with van der Waals surface area (Å²) in [5.41, 5.74) is 0. The van der Waals surface area contributed by atoms with Crippen molar-refractivity contribution in [1.82, 2.24) is 10.2 Å². The Balaban J connectivity index is 1.74. The van der Waals surface area contributed by atoms with Gasteiger partial charge in [0.15, 0.2) is 0 Å². The minimum absolute atomic E-state index is 0.152. The lowest BCUT2D eigenvalue weighted by atomic mass is 9.89. The minimum atomic E-state index is 0.152. The third-order valence-corrected chi connectivity index (χ3v) is 4.58. The molecule has 2 aliphatic rings. The molecule has 1 heterocycles. The fourth-order valence-electron chi connectivity index (χ4n) is 3.44. The maximum absolute atomic E-state index is 12.2. The third-order valence-electron chi connectivity index (χ3n) is 4.58. The Labute approximate surface area is 128 Å². The summed E-state index contributed by atoms with van der Waals surface area (Å²) < 4.78 is 5.33. The van der Waals surface area contributed by atoms with Gasteiger partial charge in [0, 0.05) is 32.3 Å². The van der Waals surface area contributed by atoms with E-state index < -0.39 is 0 Å². The Morgan fingerprint density at radius 2 is 1.90 bits per heavy atom.